The van der Waals surface area contributed by atoms with Gasteiger partial charge in [-0.05, 0) is 24.3 Å². The number of hydrogen-bond acceptors (Lipinski definition) is 5. The molecule has 1 fully saturated rings. The van der Waals surface area contributed by atoms with E-state index in [1.807, 2.05) is 48.5 Å². The second-order valence-electron chi connectivity index (χ2n) is 5.63. The summed E-state index contributed by atoms with van der Waals surface area (Å²) >= 11 is 0. The minimum absolute atomic E-state index is 0.0518. The lowest BCUT2D eigenvalue weighted by atomic mass is 10.2. The molecule has 0 atom stereocenters. The van der Waals surface area contributed by atoms with Crippen LogP contribution in [0.25, 0.3) is 0 Å². The number of para-hydroxylation sites is 1. The van der Waals surface area contributed by atoms with Gasteiger partial charge in [0.05, 0.1) is 31.7 Å². The van der Waals surface area contributed by atoms with E-state index in [0.29, 0.717) is 30.4 Å². The van der Waals surface area contributed by atoms with Crippen molar-refractivity contribution in [3.63, 3.8) is 0 Å². The summed E-state index contributed by atoms with van der Waals surface area (Å²) in [6, 6.07) is 14.9. The van der Waals surface area contributed by atoms with E-state index in [2.05, 4.69) is 10.2 Å². The smallest absolute Gasteiger partial charge is 0.262 e. The van der Waals surface area contributed by atoms with Crippen molar-refractivity contribution in [3.8, 4) is 11.5 Å². The Labute approximate surface area is 147 Å². The third kappa shape index (κ3) is 4.64. The highest BCUT2D eigenvalue weighted by atomic mass is 16.5. The van der Waals surface area contributed by atoms with Crippen molar-refractivity contribution >= 4 is 17.3 Å². The molecule has 0 aromatic heterocycles. The summed E-state index contributed by atoms with van der Waals surface area (Å²) in [5, 5.41) is 2.93. The number of carbonyl (C=O) groups excluding carboxylic acids is 1. The van der Waals surface area contributed by atoms with Crippen molar-refractivity contribution in [2.45, 2.75) is 0 Å². The molecule has 1 aliphatic rings. The molecule has 3 rings (SSSR count). The molecule has 6 nitrogen and oxygen atoms in total. The highest BCUT2D eigenvalue weighted by Crippen LogP contribution is 2.30. The maximum absolute atomic E-state index is 12.3. The van der Waals surface area contributed by atoms with E-state index in [9.17, 15) is 4.79 Å². The summed E-state index contributed by atoms with van der Waals surface area (Å²) < 4.78 is 16.2. The predicted molar refractivity (Wildman–Crippen MR) is 96.6 cm³/mol. The van der Waals surface area contributed by atoms with Gasteiger partial charge in [0.1, 0.15) is 11.5 Å². The van der Waals surface area contributed by atoms with Gasteiger partial charge < -0.3 is 24.4 Å². The zero-order valence-electron chi connectivity index (χ0n) is 14.2. The highest BCUT2D eigenvalue weighted by molar-refractivity contribution is 5.95. The number of rotatable bonds is 6. The molecule has 0 radical (unpaired) electrons. The van der Waals surface area contributed by atoms with Crippen LogP contribution >= 0.6 is 0 Å². The molecule has 0 spiro atoms. The number of hydrogen-bond donors (Lipinski definition) is 1. The van der Waals surface area contributed by atoms with Crippen LogP contribution in [0, 0.1) is 0 Å². The molecular formula is C19H22N2O4. The summed E-state index contributed by atoms with van der Waals surface area (Å²) in [6.07, 6.45) is 0. The van der Waals surface area contributed by atoms with Crippen molar-refractivity contribution in [1.29, 1.82) is 0 Å². The minimum atomic E-state index is -0.216. The third-order valence-corrected chi connectivity index (χ3v) is 3.94. The second kappa shape index (κ2) is 8.39. The summed E-state index contributed by atoms with van der Waals surface area (Å²) in [5.41, 5.74) is 1.67. The number of carbonyl (C=O) groups is 1. The molecule has 2 aromatic rings. The van der Waals surface area contributed by atoms with E-state index in [1.165, 1.54) is 0 Å². The fraction of sp³-hybridized carbons (Fsp3) is 0.316. The lowest BCUT2D eigenvalue weighted by molar-refractivity contribution is -0.118. The topological polar surface area (TPSA) is 60.0 Å². The maximum atomic E-state index is 12.3. The zero-order valence-corrected chi connectivity index (χ0v) is 14.2. The molecule has 6 heteroatoms. The maximum Gasteiger partial charge on any atom is 0.262 e. The summed E-state index contributed by atoms with van der Waals surface area (Å²) in [5.74, 6) is 1.14. The molecule has 1 N–H and O–H groups in total. The van der Waals surface area contributed by atoms with Gasteiger partial charge in [-0.2, -0.15) is 0 Å². The van der Waals surface area contributed by atoms with Crippen LogP contribution in [0.3, 0.4) is 0 Å². The molecule has 1 heterocycles. The fourth-order valence-corrected chi connectivity index (χ4v) is 2.67. The molecule has 0 unspecified atom stereocenters. The van der Waals surface area contributed by atoms with E-state index in [1.54, 1.807) is 7.11 Å². The molecule has 132 valence electrons. The lowest BCUT2D eigenvalue weighted by Crippen LogP contribution is -2.37. The molecule has 0 saturated carbocycles. The first-order valence-corrected chi connectivity index (χ1v) is 8.24. The monoisotopic (exact) mass is 342 g/mol. The zero-order chi connectivity index (χ0) is 17.5. The number of nitrogens with zero attached hydrogens (tertiary/aromatic N) is 1. The Kier molecular flexibility index (Phi) is 5.74. The van der Waals surface area contributed by atoms with Gasteiger partial charge in [0.2, 0.25) is 0 Å². The van der Waals surface area contributed by atoms with Gasteiger partial charge in [0.15, 0.2) is 6.61 Å². The van der Waals surface area contributed by atoms with Crippen LogP contribution in [-0.4, -0.2) is 45.9 Å². The third-order valence-electron chi connectivity index (χ3n) is 3.94. The first kappa shape index (κ1) is 17.1. The number of nitrogens with one attached hydrogen (secondary N) is 1. The first-order chi connectivity index (χ1) is 12.3. The highest BCUT2D eigenvalue weighted by Gasteiger charge is 2.17. The van der Waals surface area contributed by atoms with Crippen LogP contribution < -0.4 is 19.7 Å². The van der Waals surface area contributed by atoms with Crippen LogP contribution in [0.1, 0.15) is 0 Å². The van der Waals surface area contributed by atoms with Crippen molar-refractivity contribution in [2.75, 3.05) is 50.2 Å². The molecule has 2 aromatic carbocycles. The Balaban J connectivity index is 1.69. The summed E-state index contributed by atoms with van der Waals surface area (Å²) in [4.78, 5) is 14.5. The Bertz CT molecular complexity index is 700. The SMILES string of the molecule is COc1ccc(N2CCOCC2)c(NC(=O)COc2ccccc2)c1. The largest absolute Gasteiger partial charge is 0.497 e. The number of anilines is 2. The number of benzene rings is 2. The molecular weight excluding hydrogens is 320 g/mol. The van der Waals surface area contributed by atoms with Gasteiger partial charge in [-0.25, -0.2) is 0 Å². The van der Waals surface area contributed by atoms with Gasteiger partial charge in [-0.15, -0.1) is 0 Å². The molecule has 1 saturated heterocycles. The van der Waals surface area contributed by atoms with Crippen molar-refractivity contribution in [1.82, 2.24) is 0 Å². The van der Waals surface area contributed by atoms with Crippen LogP contribution in [-0.2, 0) is 9.53 Å². The van der Waals surface area contributed by atoms with Crippen LogP contribution in [0.15, 0.2) is 48.5 Å². The average Bonchev–Trinajstić information content (AvgIpc) is 2.68. The van der Waals surface area contributed by atoms with Gasteiger partial charge in [-0.3, -0.25) is 4.79 Å². The number of morpholine rings is 1. The molecule has 0 bridgehead atoms. The Morgan fingerprint density at radius 1 is 1.12 bits per heavy atom. The Hall–Kier alpha value is -2.73. The van der Waals surface area contributed by atoms with Gasteiger partial charge in [0.25, 0.3) is 5.91 Å². The van der Waals surface area contributed by atoms with Crippen molar-refractivity contribution in [3.05, 3.63) is 48.5 Å². The van der Waals surface area contributed by atoms with Crippen LogP contribution in [0.2, 0.25) is 0 Å². The van der Waals surface area contributed by atoms with Gasteiger partial charge >= 0.3 is 0 Å². The standard InChI is InChI=1S/C19H22N2O4/c1-23-16-7-8-18(21-9-11-24-12-10-21)17(13-16)20-19(22)14-25-15-5-3-2-4-6-15/h2-8,13H,9-12,14H2,1H3,(H,20,22). The quantitative estimate of drug-likeness (QED) is 0.874. The molecule has 25 heavy (non-hydrogen) atoms. The summed E-state index contributed by atoms with van der Waals surface area (Å²) in [6.45, 7) is 2.88. The lowest BCUT2D eigenvalue weighted by Gasteiger charge is -2.30. The predicted octanol–water partition coefficient (Wildman–Crippen LogP) is 2.55. The van der Waals surface area contributed by atoms with E-state index in [0.717, 1.165) is 18.8 Å². The van der Waals surface area contributed by atoms with Crippen LogP contribution in [0.4, 0.5) is 11.4 Å². The van der Waals surface area contributed by atoms with E-state index >= 15 is 0 Å². The molecule has 0 aliphatic carbocycles. The average molecular weight is 342 g/mol. The second-order valence-corrected chi connectivity index (χ2v) is 5.63. The van der Waals surface area contributed by atoms with Crippen molar-refractivity contribution < 1.29 is 19.0 Å². The molecule has 1 amide bonds. The van der Waals surface area contributed by atoms with Gasteiger partial charge in [0, 0.05) is 19.2 Å². The number of amides is 1. The molecule has 1 aliphatic heterocycles. The Morgan fingerprint density at radius 2 is 1.88 bits per heavy atom. The normalized spacial score (nSPS) is 14.0. The number of methoxy groups -OCH3 is 1. The van der Waals surface area contributed by atoms with E-state index in [4.69, 9.17) is 14.2 Å². The van der Waals surface area contributed by atoms with E-state index < -0.39 is 0 Å². The minimum Gasteiger partial charge on any atom is -0.497 e. The van der Waals surface area contributed by atoms with Crippen molar-refractivity contribution in [2.24, 2.45) is 0 Å². The fourth-order valence-electron chi connectivity index (χ4n) is 2.67. The van der Waals surface area contributed by atoms with Crippen LogP contribution in [0.5, 0.6) is 11.5 Å². The van der Waals surface area contributed by atoms with Gasteiger partial charge in [-0.1, -0.05) is 18.2 Å². The van der Waals surface area contributed by atoms with E-state index in [-0.39, 0.29) is 12.5 Å². The first-order valence-electron chi connectivity index (χ1n) is 8.24. The Morgan fingerprint density at radius 3 is 2.60 bits per heavy atom. The summed E-state index contributed by atoms with van der Waals surface area (Å²) in [7, 11) is 1.61. The number of ether oxygens (including phenoxy) is 3.